The van der Waals surface area contributed by atoms with E-state index in [9.17, 15) is 9.59 Å². The van der Waals surface area contributed by atoms with Gasteiger partial charge in [0.1, 0.15) is 0 Å². The van der Waals surface area contributed by atoms with Crippen molar-refractivity contribution in [3.63, 3.8) is 0 Å². The molecule has 1 saturated carbocycles. The number of hydrogen-bond donors (Lipinski definition) is 3. The predicted octanol–water partition coefficient (Wildman–Crippen LogP) is 4.84. The molecule has 6 heteroatoms. The van der Waals surface area contributed by atoms with Crippen LogP contribution in [0.2, 0.25) is 0 Å². The minimum Gasteiger partial charge on any atom is -0.360 e. The van der Waals surface area contributed by atoms with Crippen LogP contribution >= 0.6 is 0 Å². The number of rotatable bonds is 5. The largest absolute Gasteiger partial charge is 0.360 e. The number of amides is 2. The predicted molar refractivity (Wildman–Crippen MR) is 120 cm³/mol. The van der Waals surface area contributed by atoms with Crippen LogP contribution in [0.25, 0.3) is 10.9 Å². The molecule has 3 N–H and O–H groups in total. The van der Waals surface area contributed by atoms with Gasteiger partial charge in [0.05, 0.1) is 11.3 Å². The van der Waals surface area contributed by atoms with Crippen LogP contribution in [0, 0.1) is 5.92 Å². The summed E-state index contributed by atoms with van der Waals surface area (Å²) in [6.45, 7) is 1.84. The Morgan fingerprint density at radius 2 is 1.73 bits per heavy atom. The molecule has 1 heterocycles. The fraction of sp³-hybridized carbons (Fsp3) is 0.292. The van der Waals surface area contributed by atoms with Gasteiger partial charge < -0.3 is 10.3 Å². The van der Waals surface area contributed by atoms with Crippen LogP contribution < -0.4 is 10.7 Å². The van der Waals surface area contributed by atoms with Gasteiger partial charge in [0.15, 0.2) is 0 Å². The average Bonchev–Trinajstić information content (AvgIpc) is 3.22. The van der Waals surface area contributed by atoms with E-state index < -0.39 is 0 Å². The molecule has 0 radical (unpaired) electrons. The summed E-state index contributed by atoms with van der Waals surface area (Å²) < 4.78 is 0. The van der Waals surface area contributed by atoms with Gasteiger partial charge in [0.2, 0.25) is 5.91 Å². The number of carbonyl (C=O) groups is 2. The number of anilines is 1. The third kappa shape index (κ3) is 4.43. The zero-order chi connectivity index (χ0) is 20.9. The van der Waals surface area contributed by atoms with Gasteiger partial charge in [-0.15, -0.1) is 0 Å². The van der Waals surface area contributed by atoms with Crippen LogP contribution in [-0.4, -0.2) is 22.5 Å². The Labute approximate surface area is 175 Å². The summed E-state index contributed by atoms with van der Waals surface area (Å²) in [5.41, 5.74) is 6.44. The molecule has 0 unspecified atom stereocenters. The minimum atomic E-state index is -0.261. The molecule has 0 atom stereocenters. The Morgan fingerprint density at radius 3 is 2.50 bits per heavy atom. The van der Waals surface area contributed by atoms with E-state index in [-0.39, 0.29) is 17.7 Å². The van der Waals surface area contributed by atoms with Crippen LogP contribution in [0.5, 0.6) is 0 Å². The molecule has 154 valence electrons. The highest BCUT2D eigenvalue weighted by Crippen LogP contribution is 2.25. The summed E-state index contributed by atoms with van der Waals surface area (Å²) in [6, 6.07) is 15.2. The average molecular weight is 402 g/mol. The number of nitrogens with zero attached hydrogens (tertiary/aromatic N) is 1. The standard InChI is InChI=1S/C24H26N4O2/c1-16(27-28-24(30)21-15-25-22-10-6-5-9-20(21)22)17-11-13-19(14-12-17)26-23(29)18-7-3-2-4-8-18/h5-6,9-15,18,25H,2-4,7-8H2,1H3,(H,26,29)(H,28,30)/b27-16-. The molecule has 1 aliphatic carbocycles. The molecule has 0 bridgehead atoms. The number of aromatic amines is 1. The molecule has 0 aliphatic heterocycles. The molecule has 0 spiro atoms. The molecule has 1 aliphatic rings. The fourth-order valence-corrected chi connectivity index (χ4v) is 3.92. The first-order valence-electron chi connectivity index (χ1n) is 10.4. The Balaban J connectivity index is 1.38. The van der Waals surface area contributed by atoms with Crippen molar-refractivity contribution in [2.24, 2.45) is 11.0 Å². The zero-order valence-electron chi connectivity index (χ0n) is 17.1. The van der Waals surface area contributed by atoms with Crippen LogP contribution in [0.3, 0.4) is 0 Å². The van der Waals surface area contributed by atoms with Crippen molar-refractivity contribution < 1.29 is 9.59 Å². The summed E-state index contributed by atoms with van der Waals surface area (Å²) in [5, 5.41) is 8.11. The molecule has 0 saturated heterocycles. The second-order valence-electron chi connectivity index (χ2n) is 7.79. The monoisotopic (exact) mass is 402 g/mol. The normalized spacial score (nSPS) is 15.2. The highest BCUT2D eigenvalue weighted by Gasteiger charge is 2.21. The number of carbonyl (C=O) groups excluding carboxylic acids is 2. The van der Waals surface area contributed by atoms with E-state index in [1.165, 1.54) is 6.42 Å². The third-order valence-electron chi connectivity index (χ3n) is 5.71. The Kier molecular flexibility index (Phi) is 5.93. The van der Waals surface area contributed by atoms with Crippen LogP contribution in [0.4, 0.5) is 5.69 Å². The number of aromatic nitrogens is 1. The van der Waals surface area contributed by atoms with Gasteiger partial charge in [0, 0.05) is 28.7 Å². The van der Waals surface area contributed by atoms with Crippen molar-refractivity contribution in [2.45, 2.75) is 39.0 Å². The van der Waals surface area contributed by atoms with E-state index in [0.29, 0.717) is 11.3 Å². The van der Waals surface area contributed by atoms with E-state index >= 15 is 0 Å². The van der Waals surface area contributed by atoms with Gasteiger partial charge in [-0.1, -0.05) is 49.6 Å². The summed E-state index contributed by atoms with van der Waals surface area (Å²) in [7, 11) is 0. The number of nitrogens with one attached hydrogen (secondary N) is 3. The topological polar surface area (TPSA) is 86.3 Å². The highest BCUT2D eigenvalue weighted by atomic mass is 16.2. The van der Waals surface area contributed by atoms with Crippen molar-refractivity contribution >= 4 is 34.1 Å². The molecular weight excluding hydrogens is 376 g/mol. The Morgan fingerprint density at radius 1 is 1.00 bits per heavy atom. The Bertz CT molecular complexity index is 1080. The molecule has 2 amide bonds. The van der Waals surface area contributed by atoms with E-state index in [1.807, 2.05) is 55.5 Å². The first-order valence-corrected chi connectivity index (χ1v) is 10.4. The van der Waals surface area contributed by atoms with Gasteiger partial charge in [-0.25, -0.2) is 5.43 Å². The number of hydrogen-bond acceptors (Lipinski definition) is 3. The van der Waals surface area contributed by atoms with Crippen molar-refractivity contribution in [1.82, 2.24) is 10.4 Å². The summed E-state index contributed by atoms with van der Waals surface area (Å²) in [5.74, 6) is -0.0246. The van der Waals surface area contributed by atoms with Gasteiger partial charge in [-0.05, 0) is 43.5 Å². The van der Waals surface area contributed by atoms with Crippen molar-refractivity contribution in [3.05, 3.63) is 65.9 Å². The Hall–Kier alpha value is -3.41. The van der Waals surface area contributed by atoms with Crippen molar-refractivity contribution in [1.29, 1.82) is 0 Å². The third-order valence-corrected chi connectivity index (χ3v) is 5.71. The zero-order valence-corrected chi connectivity index (χ0v) is 17.1. The molecule has 2 aromatic carbocycles. The van der Waals surface area contributed by atoms with Crippen molar-refractivity contribution in [3.8, 4) is 0 Å². The maximum Gasteiger partial charge on any atom is 0.273 e. The van der Waals surface area contributed by atoms with Gasteiger partial charge >= 0.3 is 0 Å². The lowest BCUT2D eigenvalue weighted by Crippen LogP contribution is -2.24. The van der Waals surface area contributed by atoms with Crippen LogP contribution in [0.15, 0.2) is 59.8 Å². The van der Waals surface area contributed by atoms with Gasteiger partial charge in [-0.2, -0.15) is 5.10 Å². The fourth-order valence-electron chi connectivity index (χ4n) is 3.92. The lowest BCUT2D eigenvalue weighted by atomic mass is 9.88. The highest BCUT2D eigenvalue weighted by molar-refractivity contribution is 6.07. The molecule has 3 aromatic rings. The molecule has 1 fully saturated rings. The van der Waals surface area contributed by atoms with Crippen LogP contribution in [-0.2, 0) is 4.79 Å². The lowest BCUT2D eigenvalue weighted by Gasteiger charge is -2.20. The van der Waals surface area contributed by atoms with Crippen LogP contribution in [0.1, 0.15) is 54.9 Å². The minimum absolute atomic E-state index is 0.110. The second-order valence-corrected chi connectivity index (χ2v) is 7.79. The number of H-pyrrole nitrogens is 1. The molecule has 4 rings (SSSR count). The molecule has 1 aromatic heterocycles. The van der Waals surface area contributed by atoms with E-state index in [0.717, 1.165) is 47.8 Å². The number of fused-ring (bicyclic) bond motifs is 1. The SMILES string of the molecule is C/C(=N/NC(=O)c1c[nH]c2ccccc12)c1ccc(NC(=O)C2CCCCC2)cc1. The lowest BCUT2D eigenvalue weighted by molar-refractivity contribution is -0.120. The first-order chi connectivity index (χ1) is 14.6. The van der Waals surface area contributed by atoms with E-state index in [1.54, 1.807) is 6.20 Å². The molecular formula is C24H26N4O2. The van der Waals surface area contributed by atoms with E-state index in [2.05, 4.69) is 20.8 Å². The summed E-state index contributed by atoms with van der Waals surface area (Å²) >= 11 is 0. The number of hydrazone groups is 1. The van der Waals surface area contributed by atoms with Gasteiger partial charge in [0.25, 0.3) is 5.91 Å². The van der Waals surface area contributed by atoms with Crippen molar-refractivity contribution in [2.75, 3.05) is 5.32 Å². The second kappa shape index (κ2) is 8.95. The summed E-state index contributed by atoms with van der Waals surface area (Å²) in [6.07, 6.45) is 7.15. The smallest absolute Gasteiger partial charge is 0.273 e. The number of para-hydroxylation sites is 1. The van der Waals surface area contributed by atoms with E-state index in [4.69, 9.17) is 0 Å². The molecule has 30 heavy (non-hydrogen) atoms. The summed E-state index contributed by atoms with van der Waals surface area (Å²) in [4.78, 5) is 28.0. The van der Waals surface area contributed by atoms with Gasteiger partial charge in [-0.3, -0.25) is 9.59 Å². The molecule has 6 nitrogen and oxygen atoms in total. The quantitative estimate of drug-likeness (QED) is 0.421. The number of benzene rings is 2. The maximum atomic E-state index is 12.5. The maximum absolute atomic E-state index is 12.5. The first kappa shape index (κ1) is 19.9.